The van der Waals surface area contributed by atoms with Crippen LogP contribution in [0.4, 0.5) is 10.1 Å². The molecule has 0 spiro atoms. The molecule has 5 heteroatoms. The molecule has 1 unspecified atom stereocenters. The Balaban J connectivity index is 1.74. The summed E-state index contributed by atoms with van der Waals surface area (Å²) in [5.41, 5.74) is 0.127. The van der Waals surface area contributed by atoms with E-state index < -0.39 is 11.8 Å². The summed E-state index contributed by atoms with van der Waals surface area (Å²) in [5, 5.41) is 12.2. The Bertz CT molecular complexity index is 502. The minimum Gasteiger partial charge on any atom is -0.478 e. The Morgan fingerprint density at radius 1 is 1.37 bits per heavy atom. The Morgan fingerprint density at radius 3 is 2.84 bits per heavy atom. The van der Waals surface area contributed by atoms with Crippen LogP contribution < -0.4 is 5.32 Å². The number of anilines is 1. The van der Waals surface area contributed by atoms with Gasteiger partial charge in [0.2, 0.25) is 0 Å². The number of carboxylic acids is 1. The molecular formula is C14H17FN2O2. The van der Waals surface area contributed by atoms with Gasteiger partial charge in [-0.3, -0.25) is 4.90 Å². The van der Waals surface area contributed by atoms with Gasteiger partial charge in [-0.2, -0.15) is 0 Å². The number of benzene rings is 1. The number of rotatable bonds is 4. The first-order valence-corrected chi connectivity index (χ1v) is 6.67. The Morgan fingerprint density at radius 2 is 2.16 bits per heavy atom. The van der Waals surface area contributed by atoms with Crippen LogP contribution in [0.25, 0.3) is 0 Å². The third-order valence-electron chi connectivity index (χ3n) is 3.88. The maximum absolute atomic E-state index is 13.8. The van der Waals surface area contributed by atoms with Crippen LogP contribution in [0.2, 0.25) is 0 Å². The third-order valence-corrected chi connectivity index (χ3v) is 3.88. The molecule has 0 bridgehead atoms. The molecule has 19 heavy (non-hydrogen) atoms. The van der Waals surface area contributed by atoms with E-state index in [1.807, 2.05) is 0 Å². The predicted molar refractivity (Wildman–Crippen MR) is 70.0 cm³/mol. The van der Waals surface area contributed by atoms with Crippen LogP contribution in [0, 0.1) is 5.82 Å². The van der Waals surface area contributed by atoms with E-state index in [-0.39, 0.29) is 17.3 Å². The summed E-state index contributed by atoms with van der Waals surface area (Å²) in [6.45, 7) is 1.89. The third kappa shape index (κ3) is 2.56. The molecule has 2 N–H and O–H groups in total. The second-order valence-electron chi connectivity index (χ2n) is 5.32. The zero-order valence-corrected chi connectivity index (χ0v) is 10.6. The average Bonchev–Trinajstić information content (AvgIpc) is 3.12. The zero-order chi connectivity index (χ0) is 13.4. The fourth-order valence-electron chi connectivity index (χ4n) is 2.73. The molecule has 1 atom stereocenters. The molecule has 2 fully saturated rings. The van der Waals surface area contributed by atoms with Gasteiger partial charge in [-0.15, -0.1) is 0 Å². The molecule has 1 heterocycles. The molecule has 0 radical (unpaired) electrons. The largest absolute Gasteiger partial charge is 0.478 e. The molecule has 4 nitrogen and oxygen atoms in total. The number of nitrogens with one attached hydrogen (secondary N) is 1. The summed E-state index contributed by atoms with van der Waals surface area (Å²) in [6.07, 6.45) is 3.45. The van der Waals surface area contributed by atoms with Crippen LogP contribution in [0.5, 0.6) is 0 Å². The normalized spacial score (nSPS) is 23.5. The standard InChI is InChI=1S/C14H17FN2O2/c15-12-3-1-2-11(14(18)19)13(12)16-9-6-7-17(8-9)10-4-5-10/h1-3,9-10,16H,4-8H2,(H,18,19). The van der Waals surface area contributed by atoms with E-state index in [1.54, 1.807) is 0 Å². The van der Waals surface area contributed by atoms with E-state index in [9.17, 15) is 9.18 Å². The first-order chi connectivity index (χ1) is 9.15. The number of aromatic carboxylic acids is 1. The van der Waals surface area contributed by atoms with E-state index in [4.69, 9.17) is 5.11 Å². The first kappa shape index (κ1) is 12.4. The van der Waals surface area contributed by atoms with Gasteiger partial charge in [0, 0.05) is 25.2 Å². The Hall–Kier alpha value is -1.62. The van der Waals surface area contributed by atoms with Crippen molar-refractivity contribution >= 4 is 11.7 Å². The molecule has 1 aliphatic heterocycles. The number of hydrogen-bond acceptors (Lipinski definition) is 3. The summed E-state index contributed by atoms with van der Waals surface area (Å²) in [5.74, 6) is -1.59. The number of carboxylic acid groups (broad SMARTS) is 1. The summed E-state index contributed by atoms with van der Waals surface area (Å²) in [7, 11) is 0. The molecule has 1 aromatic carbocycles. The fourth-order valence-corrected chi connectivity index (χ4v) is 2.73. The molecule has 0 aromatic heterocycles. The summed E-state index contributed by atoms with van der Waals surface area (Å²) < 4.78 is 13.8. The topological polar surface area (TPSA) is 52.6 Å². The smallest absolute Gasteiger partial charge is 0.337 e. The van der Waals surface area contributed by atoms with Crippen molar-refractivity contribution in [2.45, 2.75) is 31.3 Å². The number of carbonyl (C=O) groups is 1. The lowest BCUT2D eigenvalue weighted by molar-refractivity contribution is 0.0697. The lowest BCUT2D eigenvalue weighted by Gasteiger charge is -2.18. The van der Waals surface area contributed by atoms with Crippen molar-refractivity contribution in [3.63, 3.8) is 0 Å². The van der Waals surface area contributed by atoms with Crippen molar-refractivity contribution < 1.29 is 14.3 Å². The number of nitrogens with zero attached hydrogens (tertiary/aromatic N) is 1. The van der Waals surface area contributed by atoms with E-state index in [1.165, 1.54) is 31.0 Å². The molecule has 1 aromatic rings. The van der Waals surface area contributed by atoms with Crippen LogP contribution in [0.3, 0.4) is 0 Å². The summed E-state index contributed by atoms with van der Waals surface area (Å²) >= 11 is 0. The van der Waals surface area contributed by atoms with Gasteiger partial charge in [0.15, 0.2) is 0 Å². The van der Waals surface area contributed by atoms with Crippen molar-refractivity contribution in [1.82, 2.24) is 4.90 Å². The highest BCUT2D eigenvalue weighted by Crippen LogP contribution is 2.31. The molecule has 0 amide bonds. The van der Waals surface area contributed by atoms with Crippen LogP contribution >= 0.6 is 0 Å². The van der Waals surface area contributed by atoms with Gasteiger partial charge >= 0.3 is 5.97 Å². The van der Waals surface area contributed by atoms with Crippen molar-refractivity contribution in [2.75, 3.05) is 18.4 Å². The zero-order valence-electron chi connectivity index (χ0n) is 10.6. The molecule has 1 aliphatic carbocycles. The number of para-hydroxylation sites is 1. The number of halogens is 1. The molecular weight excluding hydrogens is 247 g/mol. The lowest BCUT2D eigenvalue weighted by Crippen LogP contribution is -2.28. The highest BCUT2D eigenvalue weighted by molar-refractivity contribution is 5.94. The maximum Gasteiger partial charge on any atom is 0.337 e. The highest BCUT2D eigenvalue weighted by Gasteiger charge is 2.34. The molecule has 3 rings (SSSR count). The molecule has 102 valence electrons. The second kappa shape index (κ2) is 4.81. The number of likely N-dealkylation sites (tertiary alicyclic amines) is 1. The minimum atomic E-state index is -1.10. The SMILES string of the molecule is O=C(O)c1cccc(F)c1NC1CCN(C2CC2)C1. The lowest BCUT2D eigenvalue weighted by atomic mass is 10.1. The maximum atomic E-state index is 13.8. The van der Waals surface area contributed by atoms with Gasteiger partial charge in [-0.05, 0) is 31.4 Å². The molecule has 2 aliphatic rings. The fraction of sp³-hybridized carbons (Fsp3) is 0.500. The molecule has 1 saturated heterocycles. The molecule has 1 saturated carbocycles. The van der Waals surface area contributed by atoms with Crippen molar-refractivity contribution in [3.8, 4) is 0 Å². The highest BCUT2D eigenvalue weighted by atomic mass is 19.1. The summed E-state index contributed by atoms with van der Waals surface area (Å²) in [6, 6.07) is 4.99. The van der Waals surface area contributed by atoms with Gasteiger partial charge in [0.1, 0.15) is 5.82 Å². The predicted octanol–water partition coefficient (Wildman–Crippen LogP) is 2.17. The van der Waals surface area contributed by atoms with Crippen LogP contribution in [0.15, 0.2) is 18.2 Å². The second-order valence-corrected chi connectivity index (χ2v) is 5.32. The van der Waals surface area contributed by atoms with Crippen molar-refractivity contribution in [1.29, 1.82) is 0 Å². The van der Waals surface area contributed by atoms with E-state index in [0.29, 0.717) is 6.04 Å². The van der Waals surface area contributed by atoms with Gasteiger partial charge in [-0.1, -0.05) is 6.07 Å². The van der Waals surface area contributed by atoms with Gasteiger partial charge in [0.25, 0.3) is 0 Å². The Kier molecular flexibility index (Phi) is 3.14. The van der Waals surface area contributed by atoms with Gasteiger partial charge < -0.3 is 10.4 Å². The van der Waals surface area contributed by atoms with Crippen LogP contribution in [-0.4, -0.2) is 41.1 Å². The van der Waals surface area contributed by atoms with Gasteiger partial charge in [0.05, 0.1) is 11.3 Å². The first-order valence-electron chi connectivity index (χ1n) is 6.67. The van der Waals surface area contributed by atoms with E-state index >= 15 is 0 Å². The Labute approximate surface area is 111 Å². The van der Waals surface area contributed by atoms with E-state index in [2.05, 4.69) is 10.2 Å². The average molecular weight is 264 g/mol. The van der Waals surface area contributed by atoms with Crippen molar-refractivity contribution in [3.05, 3.63) is 29.6 Å². The van der Waals surface area contributed by atoms with E-state index in [0.717, 1.165) is 19.5 Å². The summed E-state index contributed by atoms with van der Waals surface area (Å²) in [4.78, 5) is 13.5. The van der Waals surface area contributed by atoms with Gasteiger partial charge in [-0.25, -0.2) is 9.18 Å². The minimum absolute atomic E-state index is 0.00451. The van der Waals surface area contributed by atoms with Crippen LogP contribution in [0.1, 0.15) is 29.6 Å². The quantitative estimate of drug-likeness (QED) is 0.875. The number of hydrogen-bond donors (Lipinski definition) is 2. The monoisotopic (exact) mass is 264 g/mol. The van der Waals surface area contributed by atoms with Crippen LogP contribution in [-0.2, 0) is 0 Å². The van der Waals surface area contributed by atoms with Crippen molar-refractivity contribution in [2.24, 2.45) is 0 Å².